The number of hydrogen-bond acceptors (Lipinski definition) is 1. The number of phenolic OH excluding ortho intramolecular Hbond substituents is 1. The number of phenols is 1. The van der Waals surface area contributed by atoms with Crippen molar-refractivity contribution >= 4 is 19.3 Å². The molecule has 0 aliphatic carbocycles. The van der Waals surface area contributed by atoms with Gasteiger partial charge in [-0.3, -0.25) is 0 Å². The zero-order valence-electron chi connectivity index (χ0n) is 18.4. The van der Waals surface area contributed by atoms with Crippen LogP contribution in [0, 0.1) is 0 Å². The fourth-order valence-electron chi connectivity index (χ4n) is 3.05. The van der Waals surface area contributed by atoms with Crippen LogP contribution in [0.5, 0.6) is 5.75 Å². The quantitative estimate of drug-likeness (QED) is 0.573. The molecule has 0 saturated heterocycles. The van der Waals surface area contributed by atoms with Crippen LogP contribution in [-0.2, 0) is 16.2 Å². The molecule has 0 aliphatic heterocycles. The molecule has 0 fully saturated rings. The van der Waals surface area contributed by atoms with Crippen molar-refractivity contribution in [2.75, 3.05) is 0 Å². The molecule has 2 aromatic rings. The minimum Gasteiger partial charge on any atom is -0.508 e. The summed E-state index contributed by atoms with van der Waals surface area (Å²) in [7, 11) is 1.20. The van der Waals surface area contributed by atoms with Crippen LogP contribution in [0.3, 0.4) is 0 Å². The average molecular weight is 383 g/mol. The molecule has 0 atom stereocenters. The highest BCUT2D eigenvalue weighted by Gasteiger charge is 2.28. The Morgan fingerprint density at radius 1 is 0.704 bits per heavy atom. The molecule has 0 unspecified atom stereocenters. The maximum absolute atomic E-state index is 9.53. The van der Waals surface area contributed by atoms with Gasteiger partial charge in [0.05, 0.1) is 0 Å². The van der Waals surface area contributed by atoms with Crippen LogP contribution in [-0.4, -0.2) is 10.9 Å². The van der Waals surface area contributed by atoms with Gasteiger partial charge in [0.15, 0.2) is 0 Å². The Morgan fingerprint density at radius 2 is 1.15 bits per heavy atom. The highest BCUT2D eigenvalue weighted by molar-refractivity contribution is 7.48. The van der Waals surface area contributed by atoms with Gasteiger partial charge in [0.25, 0.3) is 0 Å². The van der Waals surface area contributed by atoms with Gasteiger partial charge in [0.1, 0.15) is 5.75 Å². The highest BCUT2D eigenvalue weighted by Crippen LogP contribution is 2.35. The van der Waals surface area contributed by atoms with E-state index in [1.807, 2.05) is 12.1 Å². The van der Waals surface area contributed by atoms with Crippen molar-refractivity contribution in [2.24, 2.45) is 0 Å². The Hall–Kier alpha value is -1.59. The van der Waals surface area contributed by atoms with Gasteiger partial charge in [-0.15, -0.1) is 0 Å². The van der Waals surface area contributed by atoms with Gasteiger partial charge in [-0.2, -0.15) is 0 Å². The van der Waals surface area contributed by atoms with E-state index in [-0.39, 0.29) is 16.2 Å². The first kappa shape index (κ1) is 21.7. The number of hydrogen-bond donors (Lipinski definition) is 1. The molecule has 2 heteroatoms. The lowest BCUT2D eigenvalue weighted by molar-refractivity contribution is 0.475. The van der Waals surface area contributed by atoms with Crippen LogP contribution in [0.15, 0.2) is 36.4 Å². The van der Waals surface area contributed by atoms with Crippen molar-refractivity contribution in [3.8, 4) is 5.75 Å². The molecule has 0 bridgehead atoms. The summed E-state index contributed by atoms with van der Waals surface area (Å²) < 4.78 is 0. The Labute approximate surface area is 167 Å². The summed E-state index contributed by atoms with van der Waals surface area (Å²) >= 11 is 0. The van der Waals surface area contributed by atoms with Gasteiger partial charge in [0.2, 0.25) is 0 Å². The number of benzene rings is 2. The molecule has 2 rings (SSSR count). The summed E-state index contributed by atoms with van der Waals surface area (Å²) in [6, 6.07) is 12.3. The van der Waals surface area contributed by atoms with E-state index in [1.165, 1.54) is 30.2 Å². The van der Waals surface area contributed by atoms with E-state index in [2.05, 4.69) is 80.2 Å². The van der Waals surface area contributed by atoms with E-state index in [0.29, 0.717) is 5.75 Å². The van der Waals surface area contributed by atoms with Crippen LogP contribution in [0.2, 0.25) is 0 Å². The summed E-state index contributed by atoms with van der Waals surface area (Å²) in [4.78, 5) is 0. The van der Waals surface area contributed by atoms with E-state index in [0.717, 1.165) is 5.56 Å². The standard InChI is InChI=1S/C25H35OP/c1-23(2,3)18-14-20(24(4,5)6)22(21(15-18)25(7,8)9)27-16-17-10-12-19(26)13-11-17/h10-16,26H,1-9H3. The lowest BCUT2D eigenvalue weighted by Gasteiger charge is -2.32. The first-order valence-electron chi connectivity index (χ1n) is 9.72. The van der Waals surface area contributed by atoms with Gasteiger partial charge in [-0.05, 0) is 56.4 Å². The van der Waals surface area contributed by atoms with Crippen LogP contribution < -0.4 is 5.30 Å². The molecule has 0 aliphatic rings. The average Bonchev–Trinajstić information content (AvgIpc) is 2.51. The largest absolute Gasteiger partial charge is 0.508 e. The molecule has 146 valence electrons. The van der Waals surface area contributed by atoms with E-state index >= 15 is 0 Å². The number of rotatable bonds is 2. The van der Waals surface area contributed by atoms with E-state index in [4.69, 9.17) is 0 Å². The molecule has 0 spiro atoms. The number of aromatic hydroxyl groups is 1. The molecule has 0 saturated carbocycles. The zero-order chi connectivity index (χ0) is 20.6. The maximum atomic E-state index is 9.53. The SMILES string of the molecule is CC(C)(C)c1cc(C(C)(C)C)c(P=Cc2ccc(O)cc2)c(C(C)(C)C)c1. The van der Waals surface area contributed by atoms with Crippen LogP contribution >= 0.6 is 8.20 Å². The van der Waals surface area contributed by atoms with Crippen molar-refractivity contribution < 1.29 is 5.11 Å². The van der Waals surface area contributed by atoms with Gasteiger partial charge >= 0.3 is 0 Å². The summed E-state index contributed by atoms with van der Waals surface area (Å²) in [5.41, 5.74) is 5.66. The van der Waals surface area contributed by atoms with Crippen LogP contribution in [0.1, 0.15) is 84.6 Å². The van der Waals surface area contributed by atoms with Gasteiger partial charge < -0.3 is 5.11 Å². The Balaban J connectivity index is 2.74. The molecule has 0 amide bonds. The minimum atomic E-state index is 0.0758. The fourth-order valence-corrected chi connectivity index (χ4v) is 4.58. The molecule has 1 nitrogen and oxygen atoms in total. The van der Waals surface area contributed by atoms with Crippen molar-refractivity contribution in [2.45, 2.75) is 78.6 Å². The third-order valence-corrected chi connectivity index (χ3v) is 6.00. The lowest BCUT2D eigenvalue weighted by atomic mass is 9.75. The van der Waals surface area contributed by atoms with Crippen LogP contribution in [0.4, 0.5) is 0 Å². The topological polar surface area (TPSA) is 20.2 Å². The Kier molecular flexibility index (Phi) is 5.98. The maximum Gasteiger partial charge on any atom is 0.115 e. The second kappa shape index (κ2) is 7.44. The monoisotopic (exact) mass is 382 g/mol. The third kappa shape index (κ3) is 5.45. The minimum absolute atomic E-state index is 0.0758. The molecule has 0 radical (unpaired) electrons. The lowest BCUT2D eigenvalue weighted by Crippen LogP contribution is -2.29. The second-order valence-corrected chi connectivity index (χ2v) is 11.5. The van der Waals surface area contributed by atoms with Gasteiger partial charge in [0, 0.05) is 5.30 Å². The highest BCUT2D eigenvalue weighted by atomic mass is 31.1. The predicted molar refractivity (Wildman–Crippen MR) is 122 cm³/mol. The Morgan fingerprint density at radius 3 is 1.52 bits per heavy atom. The first-order chi connectivity index (χ1) is 12.2. The zero-order valence-corrected chi connectivity index (χ0v) is 19.3. The molecule has 0 aromatic heterocycles. The summed E-state index contributed by atoms with van der Waals surface area (Å²) in [5.74, 6) is 2.56. The smallest absolute Gasteiger partial charge is 0.115 e. The van der Waals surface area contributed by atoms with Crippen molar-refractivity contribution in [1.82, 2.24) is 0 Å². The Bertz CT molecular complexity index is 788. The van der Waals surface area contributed by atoms with Gasteiger partial charge in [-0.1, -0.05) is 94.8 Å². The molecule has 1 N–H and O–H groups in total. The summed E-state index contributed by atoms with van der Waals surface area (Å²) in [5, 5.41) is 10.9. The van der Waals surface area contributed by atoms with Crippen molar-refractivity contribution in [3.05, 3.63) is 58.7 Å². The predicted octanol–water partition coefficient (Wildman–Crippen LogP) is 6.71. The van der Waals surface area contributed by atoms with E-state index in [1.54, 1.807) is 12.1 Å². The molecule has 0 heterocycles. The first-order valence-corrected chi connectivity index (χ1v) is 10.7. The molecular weight excluding hydrogens is 347 g/mol. The fraction of sp³-hybridized carbons (Fsp3) is 0.480. The molecule has 2 aromatic carbocycles. The normalized spacial score (nSPS) is 13.4. The summed E-state index contributed by atoms with van der Waals surface area (Å²) in [6.45, 7) is 20.7. The van der Waals surface area contributed by atoms with Crippen LogP contribution in [0.25, 0.3) is 0 Å². The van der Waals surface area contributed by atoms with Gasteiger partial charge in [-0.25, -0.2) is 0 Å². The van der Waals surface area contributed by atoms with E-state index < -0.39 is 0 Å². The van der Waals surface area contributed by atoms with Crippen molar-refractivity contribution in [3.63, 3.8) is 0 Å². The van der Waals surface area contributed by atoms with E-state index in [9.17, 15) is 5.11 Å². The molecular formula is C25H35OP. The molecule has 27 heavy (non-hydrogen) atoms. The van der Waals surface area contributed by atoms with Crippen molar-refractivity contribution in [1.29, 1.82) is 0 Å². The summed E-state index contributed by atoms with van der Waals surface area (Å²) in [6.07, 6.45) is 0. The third-order valence-electron chi connectivity index (χ3n) is 4.83. The second-order valence-electron chi connectivity index (χ2n) is 10.5.